The first-order valence-electron chi connectivity index (χ1n) is 7.38. The van der Waals surface area contributed by atoms with Gasteiger partial charge in [-0.2, -0.15) is 5.10 Å². The van der Waals surface area contributed by atoms with Gasteiger partial charge in [-0.3, -0.25) is 19.7 Å². The summed E-state index contributed by atoms with van der Waals surface area (Å²) in [6.07, 6.45) is 0.0232. The van der Waals surface area contributed by atoms with Gasteiger partial charge in [0.25, 0.3) is 11.6 Å². The number of rotatable bonds is 6. The van der Waals surface area contributed by atoms with Crippen LogP contribution in [0, 0.1) is 10.1 Å². The highest BCUT2D eigenvalue weighted by molar-refractivity contribution is 6.06. The molecule has 25 heavy (non-hydrogen) atoms. The summed E-state index contributed by atoms with van der Waals surface area (Å²) < 4.78 is 0. The molecule has 0 heterocycles. The van der Waals surface area contributed by atoms with E-state index in [1.807, 2.05) is 6.07 Å². The summed E-state index contributed by atoms with van der Waals surface area (Å²) in [6, 6.07) is 14.1. The largest absolute Gasteiger partial charge is 0.326 e. The Kier molecular flexibility index (Phi) is 5.94. The van der Waals surface area contributed by atoms with Gasteiger partial charge in [0, 0.05) is 29.1 Å². The first-order chi connectivity index (χ1) is 12.0. The van der Waals surface area contributed by atoms with Crippen LogP contribution in [0.1, 0.15) is 23.7 Å². The second-order valence-electron chi connectivity index (χ2n) is 5.18. The molecule has 0 atom stereocenters. The van der Waals surface area contributed by atoms with E-state index in [4.69, 9.17) is 0 Å². The lowest BCUT2D eigenvalue weighted by atomic mass is 10.2. The van der Waals surface area contributed by atoms with E-state index in [1.165, 1.54) is 24.3 Å². The monoisotopic (exact) mass is 340 g/mol. The van der Waals surface area contributed by atoms with Crippen LogP contribution >= 0.6 is 0 Å². The van der Waals surface area contributed by atoms with Gasteiger partial charge in [0.2, 0.25) is 5.91 Å². The Bertz CT molecular complexity index is 801. The van der Waals surface area contributed by atoms with Crippen molar-refractivity contribution in [1.82, 2.24) is 5.43 Å². The molecule has 0 aliphatic rings. The molecule has 0 radical (unpaired) electrons. The van der Waals surface area contributed by atoms with Crippen LogP contribution in [0.5, 0.6) is 0 Å². The normalized spacial score (nSPS) is 10.8. The summed E-state index contributed by atoms with van der Waals surface area (Å²) in [5.41, 5.74) is 3.54. The molecule has 0 bridgehead atoms. The zero-order chi connectivity index (χ0) is 18.2. The van der Waals surface area contributed by atoms with Crippen LogP contribution in [-0.2, 0) is 4.79 Å². The third-order valence-corrected chi connectivity index (χ3v) is 3.16. The van der Waals surface area contributed by atoms with E-state index in [1.54, 1.807) is 31.2 Å². The van der Waals surface area contributed by atoms with Crippen molar-refractivity contribution < 1.29 is 14.5 Å². The standard InChI is InChI=1S/C17H16N4O4/c1-12(11-16(22)18-14-5-3-2-4-6-14)19-20-17(23)13-7-9-15(10-8-13)21(24)25/h2-10H,11H2,1H3,(H,18,22)(H,20,23). The third kappa shape index (κ3) is 5.54. The second-order valence-corrected chi connectivity index (χ2v) is 5.18. The van der Waals surface area contributed by atoms with Crippen molar-refractivity contribution in [3.05, 3.63) is 70.3 Å². The first kappa shape index (κ1) is 17.8. The van der Waals surface area contributed by atoms with E-state index in [9.17, 15) is 19.7 Å². The zero-order valence-corrected chi connectivity index (χ0v) is 13.4. The van der Waals surface area contributed by atoms with Crippen LogP contribution < -0.4 is 10.7 Å². The second kappa shape index (κ2) is 8.34. The number of nitrogens with zero attached hydrogens (tertiary/aromatic N) is 2. The number of hydrogen-bond donors (Lipinski definition) is 2. The van der Waals surface area contributed by atoms with Crippen LogP contribution in [0.25, 0.3) is 0 Å². The Morgan fingerprint density at radius 2 is 1.72 bits per heavy atom. The maximum Gasteiger partial charge on any atom is 0.271 e. The van der Waals surface area contributed by atoms with Gasteiger partial charge in [0.15, 0.2) is 0 Å². The molecule has 0 spiro atoms. The number of carbonyl (C=O) groups excluding carboxylic acids is 2. The molecule has 2 rings (SSSR count). The molecule has 8 heteroatoms. The molecule has 0 saturated heterocycles. The Balaban J connectivity index is 1.88. The maximum atomic E-state index is 11.9. The van der Waals surface area contributed by atoms with Gasteiger partial charge in [0.05, 0.1) is 11.3 Å². The molecular weight excluding hydrogens is 324 g/mol. The molecule has 2 aromatic carbocycles. The summed E-state index contributed by atoms with van der Waals surface area (Å²) >= 11 is 0. The maximum absolute atomic E-state index is 11.9. The number of nitro benzene ring substituents is 1. The summed E-state index contributed by atoms with van der Waals surface area (Å²) in [5.74, 6) is -0.769. The smallest absolute Gasteiger partial charge is 0.271 e. The number of anilines is 1. The van der Waals surface area contributed by atoms with Crippen molar-refractivity contribution in [2.24, 2.45) is 5.10 Å². The highest BCUT2D eigenvalue weighted by atomic mass is 16.6. The number of benzene rings is 2. The Morgan fingerprint density at radius 3 is 2.32 bits per heavy atom. The van der Waals surface area contributed by atoms with Crippen LogP contribution in [-0.4, -0.2) is 22.4 Å². The number of hydrazone groups is 1. The van der Waals surface area contributed by atoms with Gasteiger partial charge in [-0.15, -0.1) is 0 Å². The van der Waals surface area contributed by atoms with E-state index >= 15 is 0 Å². The van der Waals surface area contributed by atoms with Crippen molar-refractivity contribution in [3.63, 3.8) is 0 Å². The molecule has 0 aliphatic carbocycles. The fourth-order valence-corrected chi connectivity index (χ4v) is 1.94. The lowest BCUT2D eigenvalue weighted by Gasteiger charge is -2.05. The third-order valence-electron chi connectivity index (χ3n) is 3.16. The number of amides is 2. The number of carbonyl (C=O) groups is 2. The number of nitro groups is 1. The van der Waals surface area contributed by atoms with Crippen molar-refractivity contribution in [1.29, 1.82) is 0 Å². The van der Waals surface area contributed by atoms with Crippen LogP contribution in [0.3, 0.4) is 0 Å². The van der Waals surface area contributed by atoms with Gasteiger partial charge < -0.3 is 5.32 Å². The lowest BCUT2D eigenvalue weighted by Crippen LogP contribution is -2.21. The van der Waals surface area contributed by atoms with Crippen molar-refractivity contribution in [2.45, 2.75) is 13.3 Å². The number of para-hydroxylation sites is 1. The summed E-state index contributed by atoms with van der Waals surface area (Å²) in [7, 11) is 0. The van der Waals surface area contributed by atoms with Crippen LogP contribution in [0.15, 0.2) is 59.7 Å². The topological polar surface area (TPSA) is 114 Å². The summed E-state index contributed by atoms with van der Waals surface area (Å²) in [6.45, 7) is 1.61. The fraction of sp³-hybridized carbons (Fsp3) is 0.118. The summed E-state index contributed by atoms with van der Waals surface area (Å²) in [5, 5.41) is 17.2. The van der Waals surface area contributed by atoms with Gasteiger partial charge in [0.1, 0.15) is 0 Å². The van der Waals surface area contributed by atoms with Gasteiger partial charge in [-0.1, -0.05) is 18.2 Å². The fourth-order valence-electron chi connectivity index (χ4n) is 1.94. The summed E-state index contributed by atoms with van der Waals surface area (Å²) in [4.78, 5) is 33.8. The minimum absolute atomic E-state index is 0.0232. The Labute approximate surface area is 143 Å². The highest BCUT2D eigenvalue weighted by Crippen LogP contribution is 2.11. The lowest BCUT2D eigenvalue weighted by molar-refractivity contribution is -0.384. The van der Waals surface area contributed by atoms with Crippen molar-refractivity contribution >= 4 is 28.9 Å². The molecule has 0 aromatic heterocycles. The minimum atomic E-state index is -0.546. The minimum Gasteiger partial charge on any atom is -0.326 e. The van der Waals surface area contributed by atoms with E-state index in [2.05, 4.69) is 15.8 Å². The van der Waals surface area contributed by atoms with Gasteiger partial charge >= 0.3 is 0 Å². The van der Waals surface area contributed by atoms with E-state index in [0.29, 0.717) is 11.4 Å². The SMILES string of the molecule is CC(CC(=O)Nc1ccccc1)=NNC(=O)c1ccc([N+](=O)[O-])cc1. The van der Waals surface area contributed by atoms with E-state index in [0.717, 1.165) is 0 Å². The molecule has 0 fully saturated rings. The molecule has 2 N–H and O–H groups in total. The van der Waals surface area contributed by atoms with E-state index in [-0.39, 0.29) is 23.6 Å². The Hall–Kier alpha value is -3.55. The molecule has 0 unspecified atom stereocenters. The zero-order valence-electron chi connectivity index (χ0n) is 13.4. The van der Waals surface area contributed by atoms with Crippen molar-refractivity contribution in [3.8, 4) is 0 Å². The van der Waals surface area contributed by atoms with Crippen LogP contribution in [0.4, 0.5) is 11.4 Å². The molecule has 0 aliphatic heterocycles. The molecule has 8 nitrogen and oxygen atoms in total. The quantitative estimate of drug-likeness (QED) is 0.478. The first-order valence-corrected chi connectivity index (χ1v) is 7.38. The average Bonchev–Trinajstić information content (AvgIpc) is 2.60. The predicted octanol–water partition coefficient (Wildman–Crippen LogP) is 2.73. The number of hydrogen-bond acceptors (Lipinski definition) is 5. The molecule has 128 valence electrons. The molecular formula is C17H16N4O4. The molecule has 0 saturated carbocycles. The Morgan fingerprint density at radius 1 is 1.08 bits per heavy atom. The predicted molar refractivity (Wildman–Crippen MR) is 93.4 cm³/mol. The average molecular weight is 340 g/mol. The van der Waals surface area contributed by atoms with Gasteiger partial charge in [-0.25, -0.2) is 5.43 Å². The van der Waals surface area contributed by atoms with Crippen LogP contribution in [0.2, 0.25) is 0 Å². The molecule has 2 aromatic rings. The van der Waals surface area contributed by atoms with E-state index < -0.39 is 10.8 Å². The molecule has 2 amide bonds. The number of non-ortho nitro benzene ring substituents is 1. The number of nitrogens with one attached hydrogen (secondary N) is 2. The highest BCUT2D eigenvalue weighted by Gasteiger charge is 2.09. The van der Waals surface area contributed by atoms with Gasteiger partial charge in [-0.05, 0) is 31.2 Å². The van der Waals surface area contributed by atoms with Crippen molar-refractivity contribution in [2.75, 3.05) is 5.32 Å².